The highest BCUT2D eigenvalue weighted by Gasteiger charge is 2.33. The minimum absolute atomic E-state index is 0.103. The molecule has 5 nitrogen and oxygen atoms in total. The largest absolute Gasteiger partial charge is 0.355 e. The van der Waals surface area contributed by atoms with Crippen molar-refractivity contribution in [1.29, 1.82) is 0 Å². The van der Waals surface area contributed by atoms with Crippen LogP contribution in [0.1, 0.15) is 36.8 Å². The van der Waals surface area contributed by atoms with Crippen molar-refractivity contribution in [1.82, 2.24) is 9.62 Å². The highest BCUT2D eigenvalue weighted by molar-refractivity contribution is 7.88. The molecule has 8 heteroatoms. The van der Waals surface area contributed by atoms with E-state index >= 15 is 0 Å². The Labute approximate surface area is 188 Å². The van der Waals surface area contributed by atoms with Crippen LogP contribution in [0.4, 0.5) is 0 Å². The second-order valence-corrected chi connectivity index (χ2v) is 10.5. The molecule has 162 valence electrons. The third-order valence-corrected chi connectivity index (χ3v) is 7.97. The maximum Gasteiger partial charge on any atom is 0.224 e. The normalized spacial score (nSPS) is 18.7. The van der Waals surface area contributed by atoms with Gasteiger partial charge in [-0.25, -0.2) is 12.7 Å². The summed E-state index contributed by atoms with van der Waals surface area (Å²) in [4.78, 5) is 12.7. The smallest absolute Gasteiger partial charge is 0.224 e. The Hall–Kier alpha value is -1.60. The van der Waals surface area contributed by atoms with E-state index in [-0.39, 0.29) is 30.0 Å². The minimum Gasteiger partial charge on any atom is -0.355 e. The van der Waals surface area contributed by atoms with Crippen LogP contribution < -0.4 is 5.32 Å². The monoisotopic (exact) mass is 468 g/mol. The molecule has 0 unspecified atom stereocenters. The van der Waals surface area contributed by atoms with E-state index in [0.29, 0.717) is 41.5 Å². The number of carbonyl (C=O) groups is 1. The minimum atomic E-state index is -3.64. The van der Waals surface area contributed by atoms with Gasteiger partial charge in [-0.3, -0.25) is 4.79 Å². The van der Waals surface area contributed by atoms with Gasteiger partial charge >= 0.3 is 0 Å². The van der Waals surface area contributed by atoms with E-state index in [0.717, 1.165) is 5.56 Å². The highest BCUT2D eigenvalue weighted by Crippen LogP contribution is 2.29. The number of nitrogens with one attached hydrogen (secondary N) is 1. The molecule has 1 aliphatic heterocycles. The molecule has 0 saturated carbocycles. The van der Waals surface area contributed by atoms with Gasteiger partial charge in [-0.15, -0.1) is 0 Å². The van der Waals surface area contributed by atoms with E-state index in [2.05, 4.69) is 12.2 Å². The Morgan fingerprint density at radius 2 is 1.80 bits per heavy atom. The fraction of sp³-hybridized carbons (Fsp3) is 0.409. The summed E-state index contributed by atoms with van der Waals surface area (Å²) in [6, 6.07) is 14.9. The van der Waals surface area contributed by atoms with Crippen molar-refractivity contribution >= 4 is 39.1 Å². The molecule has 0 aliphatic carbocycles. The third-order valence-electron chi connectivity index (χ3n) is 5.49. The molecule has 0 radical (unpaired) electrons. The van der Waals surface area contributed by atoms with Crippen LogP contribution in [-0.4, -0.2) is 38.3 Å². The first-order chi connectivity index (χ1) is 14.3. The lowest BCUT2D eigenvalue weighted by atomic mass is 9.97. The zero-order valence-corrected chi connectivity index (χ0v) is 19.2. The van der Waals surface area contributed by atoms with E-state index in [1.165, 1.54) is 4.31 Å². The molecule has 1 saturated heterocycles. The van der Waals surface area contributed by atoms with Crippen molar-refractivity contribution in [3.63, 3.8) is 0 Å². The molecule has 2 aromatic rings. The van der Waals surface area contributed by atoms with Crippen LogP contribution in [0.3, 0.4) is 0 Å². The lowest BCUT2D eigenvalue weighted by Gasteiger charge is -2.31. The lowest BCUT2D eigenvalue weighted by Crippen LogP contribution is -2.46. The number of sulfonamides is 1. The van der Waals surface area contributed by atoms with Gasteiger partial charge in [-0.05, 0) is 36.5 Å². The van der Waals surface area contributed by atoms with Gasteiger partial charge in [0.1, 0.15) is 0 Å². The summed E-state index contributed by atoms with van der Waals surface area (Å²) >= 11 is 12.3. The molecule has 0 bridgehead atoms. The van der Waals surface area contributed by atoms with Crippen LogP contribution in [0, 0.1) is 5.92 Å². The SMILES string of the molecule is C[C@H](CNC(=O)[C@@H]1CCCN(S(=O)(=O)Cc2c(Cl)cccc2Cl)C1)c1ccccc1. The topological polar surface area (TPSA) is 66.5 Å². The number of hydrogen-bond acceptors (Lipinski definition) is 3. The summed E-state index contributed by atoms with van der Waals surface area (Å²) < 4.78 is 27.3. The molecule has 0 aromatic heterocycles. The van der Waals surface area contributed by atoms with E-state index in [9.17, 15) is 13.2 Å². The van der Waals surface area contributed by atoms with Crippen molar-refractivity contribution < 1.29 is 13.2 Å². The summed E-state index contributed by atoms with van der Waals surface area (Å²) in [6.07, 6.45) is 1.31. The zero-order valence-electron chi connectivity index (χ0n) is 16.9. The second-order valence-electron chi connectivity index (χ2n) is 7.71. The van der Waals surface area contributed by atoms with Crippen molar-refractivity contribution in [3.05, 3.63) is 69.7 Å². The molecule has 2 atom stereocenters. The molecule has 30 heavy (non-hydrogen) atoms. The maximum absolute atomic E-state index is 13.0. The average molecular weight is 469 g/mol. The summed E-state index contributed by atoms with van der Waals surface area (Å²) in [5.74, 6) is -0.558. The fourth-order valence-corrected chi connectivity index (χ4v) is 6.01. The van der Waals surface area contributed by atoms with E-state index < -0.39 is 10.0 Å². The van der Waals surface area contributed by atoms with Crippen LogP contribution in [-0.2, 0) is 20.6 Å². The number of nitrogens with zero attached hydrogens (tertiary/aromatic N) is 1. The molecule has 3 rings (SSSR count). The van der Waals surface area contributed by atoms with Crippen molar-refractivity contribution in [2.24, 2.45) is 5.92 Å². The van der Waals surface area contributed by atoms with Crippen LogP contribution in [0.2, 0.25) is 10.0 Å². The molecule has 1 N–H and O–H groups in total. The van der Waals surface area contributed by atoms with Gasteiger partial charge in [-0.1, -0.05) is 66.5 Å². The molecule has 0 spiro atoms. The first-order valence-electron chi connectivity index (χ1n) is 10.0. The summed E-state index contributed by atoms with van der Waals surface area (Å²) in [5, 5.41) is 3.64. The number of halogens is 2. The molecule has 1 fully saturated rings. The fourth-order valence-electron chi connectivity index (χ4n) is 3.65. The molecule has 1 amide bonds. The highest BCUT2D eigenvalue weighted by atomic mass is 35.5. The average Bonchev–Trinajstić information content (AvgIpc) is 2.75. The Bertz CT molecular complexity index is 963. The van der Waals surface area contributed by atoms with Gasteiger partial charge in [0.15, 0.2) is 0 Å². The Morgan fingerprint density at radius 3 is 2.47 bits per heavy atom. The second kappa shape index (κ2) is 10.1. The van der Waals surface area contributed by atoms with Crippen LogP contribution in [0.5, 0.6) is 0 Å². The van der Waals surface area contributed by atoms with Gasteiger partial charge in [0.2, 0.25) is 15.9 Å². The van der Waals surface area contributed by atoms with E-state index in [4.69, 9.17) is 23.2 Å². The quantitative estimate of drug-likeness (QED) is 0.652. The van der Waals surface area contributed by atoms with Gasteiger partial charge in [0.05, 0.1) is 11.7 Å². The number of hydrogen-bond donors (Lipinski definition) is 1. The molecule has 2 aromatic carbocycles. The summed E-state index contributed by atoms with van der Waals surface area (Å²) in [5.41, 5.74) is 1.55. The van der Waals surface area contributed by atoms with Gasteiger partial charge in [0, 0.05) is 35.2 Å². The van der Waals surface area contributed by atoms with Crippen molar-refractivity contribution in [2.45, 2.75) is 31.4 Å². The molecule has 1 heterocycles. The number of piperidine rings is 1. The van der Waals surface area contributed by atoms with Crippen molar-refractivity contribution in [3.8, 4) is 0 Å². The lowest BCUT2D eigenvalue weighted by molar-refractivity contribution is -0.126. The Balaban J connectivity index is 1.60. The van der Waals surface area contributed by atoms with E-state index in [1.807, 2.05) is 30.3 Å². The van der Waals surface area contributed by atoms with Crippen LogP contribution in [0.25, 0.3) is 0 Å². The van der Waals surface area contributed by atoms with Crippen LogP contribution >= 0.6 is 23.2 Å². The summed E-state index contributed by atoms with van der Waals surface area (Å²) in [6.45, 7) is 3.15. The predicted octanol–water partition coefficient (Wildman–Crippen LogP) is 4.46. The molecular formula is C22H26Cl2N2O3S. The zero-order chi connectivity index (χ0) is 21.7. The Kier molecular flexibility index (Phi) is 7.80. The summed E-state index contributed by atoms with van der Waals surface area (Å²) in [7, 11) is -3.64. The van der Waals surface area contributed by atoms with Crippen LogP contribution in [0.15, 0.2) is 48.5 Å². The van der Waals surface area contributed by atoms with E-state index in [1.54, 1.807) is 18.2 Å². The van der Waals surface area contributed by atoms with Gasteiger partial charge in [0.25, 0.3) is 0 Å². The first kappa shape index (κ1) is 23.1. The van der Waals surface area contributed by atoms with Gasteiger partial charge < -0.3 is 5.32 Å². The number of carbonyl (C=O) groups excluding carboxylic acids is 1. The number of rotatable bonds is 7. The first-order valence-corrected chi connectivity index (χ1v) is 12.4. The predicted molar refractivity (Wildman–Crippen MR) is 121 cm³/mol. The van der Waals surface area contributed by atoms with Crippen molar-refractivity contribution in [2.75, 3.05) is 19.6 Å². The van der Waals surface area contributed by atoms with Gasteiger partial charge in [-0.2, -0.15) is 0 Å². The third kappa shape index (κ3) is 5.76. The molecule has 1 aliphatic rings. The number of amides is 1. The maximum atomic E-state index is 13.0. The standard InChI is InChI=1S/C22H26Cl2N2O3S/c1-16(17-7-3-2-4-8-17)13-25-22(27)18-9-6-12-26(14-18)30(28,29)15-19-20(23)10-5-11-21(19)24/h2-5,7-8,10-11,16,18H,6,9,12-15H2,1H3,(H,25,27)/t16-,18-/m1/s1. The number of benzene rings is 2. The Morgan fingerprint density at radius 1 is 1.13 bits per heavy atom. The molecular weight excluding hydrogens is 443 g/mol.